The van der Waals surface area contributed by atoms with Crippen LogP contribution in [0.4, 0.5) is 0 Å². The Bertz CT molecular complexity index is 1980. The highest BCUT2D eigenvalue weighted by atomic mass is 16.6. The molecule has 0 fully saturated rings. The van der Waals surface area contributed by atoms with Crippen LogP contribution < -0.4 is 0 Å². The van der Waals surface area contributed by atoms with Gasteiger partial charge < -0.3 is 98.8 Å². The van der Waals surface area contributed by atoms with Gasteiger partial charge in [-0.1, -0.05) is 13.8 Å². The van der Waals surface area contributed by atoms with Gasteiger partial charge >= 0.3 is 53.7 Å². The Balaban J connectivity index is 6.70. The molecular weight excluding hydrogens is 1060 g/mol. The second-order valence-corrected chi connectivity index (χ2v) is 23.1. The molecule has 11 N–H and O–H groups in total. The first kappa shape index (κ1) is 73.8. The van der Waals surface area contributed by atoms with Crippen LogP contribution in [0, 0.1) is 54.1 Å². The Kier molecular flexibility index (Phi) is 28.5. The molecule has 2 unspecified atom stereocenters. The summed E-state index contributed by atoms with van der Waals surface area (Å²) in [6.07, 6.45) is 0. The van der Waals surface area contributed by atoms with E-state index in [1.807, 2.05) is 0 Å². The second-order valence-electron chi connectivity index (χ2n) is 23.1. The summed E-state index contributed by atoms with van der Waals surface area (Å²) in [6.45, 7) is -4.88. The van der Waals surface area contributed by atoms with Gasteiger partial charge in [-0.25, -0.2) is 0 Å². The third kappa shape index (κ3) is 19.8. The lowest BCUT2D eigenvalue weighted by molar-refractivity contribution is -0.186. The molecule has 0 heterocycles. The monoisotopic (exact) mass is 1150 g/mol. The summed E-state index contributed by atoms with van der Waals surface area (Å²) in [4.78, 5) is 120. The lowest BCUT2D eigenvalue weighted by atomic mass is 9.89. The van der Waals surface area contributed by atoms with Gasteiger partial charge in [0.1, 0.15) is 95.0 Å². The fraction of sp³-hybridized carbons (Fsp3) is 0.820. The molecule has 79 heavy (non-hydrogen) atoms. The highest BCUT2D eigenvalue weighted by molar-refractivity contribution is 5.84. The summed E-state index contributed by atoms with van der Waals surface area (Å²) in [5.74, 6) is -11.1. The van der Waals surface area contributed by atoms with E-state index in [2.05, 4.69) is 0 Å². The normalized spacial score (nSPS) is 14.4. The first-order valence-corrected chi connectivity index (χ1v) is 24.6. The predicted octanol–water partition coefficient (Wildman–Crippen LogP) is -4.13. The van der Waals surface area contributed by atoms with Crippen LogP contribution in [0.5, 0.6) is 0 Å². The quantitative estimate of drug-likeness (QED) is 0.0207. The number of ether oxygens (including phenoxy) is 9. The van der Waals surface area contributed by atoms with Gasteiger partial charge in [0.25, 0.3) is 0 Å². The molecule has 0 aliphatic heterocycles. The molecule has 0 saturated heterocycles. The van der Waals surface area contributed by atoms with Crippen LogP contribution in [-0.2, 0) is 85.8 Å². The van der Waals surface area contributed by atoms with Gasteiger partial charge in [-0.3, -0.25) is 43.2 Å². The Hall–Kier alpha value is -5.21. The van der Waals surface area contributed by atoms with Crippen molar-refractivity contribution >= 4 is 53.7 Å². The first-order chi connectivity index (χ1) is 36.3. The molecule has 0 aliphatic rings. The second kappa shape index (κ2) is 30.6. The molecule has 0 aliphatic carbocycles. The van der Waals surface area contributed by atoms with Crippen LogP contribution >= 0.6 is 0 Å². The maximum atomic E-state index is 14.1. The van der Waals surface area contributed by atoms with E-state index in [4.69, 9.17) is 42.6 Å². The highest BCUT2D eigenvalue weighted by Crippen LogP contribution is 2.32. The van der Waals surface area contributed by atoms with Crippen molar-refractivity contribution in [2.75, 3.05) is 132 Å². The zero-order valence-corrected chi connectivity index (χ0v) is 46.9. The van der Waals surface area contributed by atoms with Crippen LogP contribution in [-0.4, -0.2) is 242 Å². The van der Waals surface area contributed by atoms with E-state index >= 15 is 0 Å². The minimum atomic E-state index is -2.28. The molecule has 2 atom stereocenters. The summed E-state index contributed by atoms with van der Waals surface area (Å²) < 4.78 is 48.0. The number of carbonyl (C=O) groups excluding carboxylic acids is 9. The van der Waals surface area contributed by atoms with Crippen molar-refractivity contribution in [2.24, 2.45) is 54.1 Å². The molecule has 0 bridgehead atoms. The molecule has 0 amide bonds. The largest absolute Gasteiger partial charge is 0.464 e. The van der Waals surface area contributed by atoms with Crippen molar-refractivity contribution in [1.82, 2.24) is 0 Å². The van der Waals surface area contributed by atoms with Crippen LogP contribution in [0.25, 0.3) is 0 Å². The summed E-state index contributed by atoms with van der Waals surface area (Å²) in [5.41, 5.74) is -19.2. The molecule has 0 saturated carbocycles. The van der Waals surface area contributed by atoms with Crippen molar-refractivity contribution in [3.05, 3.63) is 0 Å². The van der Waals surface area contributed by atoms with Crippen LogP contribution in [0.15, 0.2) is 0 Å². The Morgan fingerprint density at radius 3 is 0.468 bits per heavy atom. The highest BCUT2D eigenvalue weighted by Gasteiger charge is 2.49. The van der Waals surface area contributed by atoms with Gasteiger partial charge in [-0.15, -0.1) is 0 Å². The Morgan fingerprint density at radius 1 is 0.203 bits per heavy atom. The lowest BCUT2D eigenvalue weighted by Gasteiger charge is -2.34. The number of aliphatic hydroxyl groups excluding tert-OH is 11. The van der Waals surface area contributed by atoms with E-state index < -0.39 is 240 Å². The molecule has 458 valence electrons. The van der Waals surface area contributed by atoms with E-state index in [1.54, 1.807) is 0 Å². The fourth-order valence-corrected chi connectivity index (χ4v) is 5.25. The molecule has 0 aromatic rings. The van der Waals surface area contributed by atoms with E-state index in [0.717, 1.165) is 41.5 Å². The third-order valence-electron chi connectivity index (χ3n) is 13.1. The molecule has 0 aromatic heterocycles. The number of carbonyl (C=O) groups is 9. The summed E-state index contributed by atoms with van der Waals surface area (Å²) in [5, 5.41) is 107. The van der Waals surface area contributed by atoms with Gasteiger partial charge in [0.2, 0.25) is 0 Å². The van der Waals surface area contributed by atoms with E-state index in [9.17, 15) is 99.3 Å². The minimum absolute atomic E-state index is 0.557. The average Bonchev–Trinajstić information content (AvgIpc) is 3.45. The molecule has 0 radical (unpaired) electrons. The number of rotatable bonds is 38. The SMILES string of the molecule is CC(C)(COC(=O)C(C)(CO)COC(=O)C(C)(COC(=O)C(C)(CO)CO)COC(=O)C(C)(COC(=O)C(C)(CO)CO)COC(=O)C(C)(CO)CO)COC(=O)C(C)(COC(=O)C(C)(CO)CO)COC(=O)C(C)(CO)CO. The van der Waals surface area contributed by atoms with Crippen LogP contribution in [0.3, 0.4) is 0 Å². The zero-order valence-electron chi connectivity index (χ0n) is 46.9. The standard InChI is InChI=1S/C50H84O29/c1-41(2,24-72-38(68)48(9,26-74-32(62)42(3,12-51)13-52)27-75-33(63)43(4,14-53)15-54)23-71-37(67)47(8,22-61)25-73-39(69)50(11,30-78-36(66)46(7,20-59)21-60)31-79-40(70)49(10,28-76-34(64)44(5,16-55)17-56)29-77-35(65)45(6,18-57)19-58/h51-61H,12-31H2,1-11H3. The average molecular weight is 1150 g/mol. The number of hydrogen-bond donors (Lipinski definition) is 11. The number of hydrogen-bond acceptors (Lipinski definition) is 29. The summed E-state index contributed by atoms with van der Waals surface area (Å²) in [6, 6.07) is 0. The van der Waals surface area contributed by atoms with Gasteiger partial charge in [0.15, 0.2) is 0 Å². The van der Waals surface area contributed by atoms with Crippen molar-refractivity contribution in [2.45, 2.75) is 76.2 Å². The van der Waals surface area contributed by atoms with Gasteiger partial charge in [-0.2, -0.15) is 0 Å². The number of aliphatic hydroxyl groups is 11. The van der Waals surface area contributed by atoms with Crippen molar-refractivity contribution in [3.8, 4) is 0 Å². The van der Waals surface area contributed by atoms with Gasteiger partial charge in [0.05, 0.1) is 85.9 Å². The van der Waals surface area contributed by atoms with E-state index in [1.165, 1.54) is 34.6 Å². The summed E-state index contributed by atoms with van der Waals surface area (Å²) >= 11 is 0. The molecule has 0 rings (SSSR count). The fourth-order valence-electron chi connectivity index (χ4n) is 5.25. The first-order valence-electron chi connectivity index (χ1n) is 24.6. The predicted molar refractivity (Wildman–Crippen MR) is 263 cm³/mol. The van der Waals surface area contributed by atoms with Crippen molar-refractivity contribution in [3.63, 3.8) is 0 Å². The maximum Gasteiger partial charge on any atom is 0.318 e. The van der Waals surface area contributed by atoms with Crippen LogP contribution in [0.1, 0.15) is 76.2 Å². The molecular formula is C50H84O29. The Labute approximate surface area is 457 Å². The molecule has 29 heteroatoms. The van der Waals surface area contributed by atoms with Crippen molar-refractivity contribution < 1.29 is 142 Å². The lowest BCUT2D eigenvalue weighted by Crippen LogP contribution is -2.48. The minimum Gasteiger partial charge on any atom is -0.464 e. The molecule has 0 spiro atoms. The zero-order chi connectivity index (χ0) is 61.7. The van der Waals surface area contributed by atoms with E-state index in [-0.39, 0.29) is 0 Å². The third-order valence-corrected chi connectivity index (χ3v) is 13.1. The van der Waals surface area contributed by atoms with Gasteiger partial charge in [0, 0.05) is 5.41 Å². The molecule has 0 aromatic carbocycles. The topological polar surface area (TPSA) is 459 Å². The Morgan fingerprint density at radius 2 is 0.316 bits per heavy atom. The maximum absolute atomic E-state index is 14.1. The summed E-state index contributed by atoms with van der Waals surface area (Å²) in [7, 11) is 0. The van der Waals surface area contributed by atoms with Crippen molar-refractivity contribution in [1.29, 1.82) is 0 Å². The van der Waals surface area contributed by atoms with E-state index in [0.29, 0.717) is 0 Å². The smallest absolute Gasteiger partial charge is 0.318 e. The number of esters is 9. The van der Waals surface area contributed by atoms with Gasteiger partial charge in [-0.05, 0) is 62.3 Å². The van der Waals surface area contributed by atoms with Crippen LogP contribution in [0.2, 0.25) is 0 Å². The molecule has 29 nitrogen and oxygen atoms in total.